The first-order valence-electron chi connectivity index (χ1n) is 15.9. The van der Waals surface area contributed by atoms with E-state index < -0.39 is 23.3 Å². The predicted octanol–water partition coefficient (Wildman–Crippen LogP) is 2.70. The number of aryl methyl sites for hydroxylation is 4. The molecule has 0 spiro atoms. The van der Waals surface area contributed by atoms with Crippen molar-refractivity contribution in [2.75, 3.05) is 14.2 Å². The van der Waals surface area contributed by atoms with E-state index in [9.17, 15) is 29.1 Å². The molecule has 3 heterocycles. The molecule has 2 atom stereocenters. The van der Waals surface area contributed by atoms with Crippen molar-refractivity contribution in [3.05, 3.63) is 112 Å². The lowest BCUT2D eigenvalue weighted by molar-refractivity contribution is -0.116. The fourth-order valence-electron chi connectivity index (χ4n) is 7.50. The maximum atomic E-state index is 14.1. The Hall–Kier alpha value is -5.72. The lowest BCUT2D eigenvalue weighted by atomic mass is 9.67. The van der Waals surface area contributed by atoms with Gasteiger partial charge in [-0.3, -0.25) is 14.4 Å². The number of ether oxygens (including phenoxy) is 2. The van der Waals surface area contributed by atoms with E-state index in [1.165, 1.54) is 34.2 Å². The molecule has 0 bridgehead atoms. The molecule has 0 radical (unpaired) electrons. The molecule has 0 fully saturated rings. The fraction of sp³-hybridized carbons (Fsp3) is 0.333. The van der Waals surface area contributed by atoms with Crippen LogP contribution in [0.15, 0.2) is 73.1 Å². The summed E-state index contributed by atoms with van der Waals surface area (Å²) in [5, 5.41) is 10.5. The number of phenols is 1. The van der Waals surface area contributed by atoms with Crippen LogP contribution in [-0.2, 0) is 36.1 Å². The monoisotopic (exact) mass is 665 g/mol. The van der Waals surface area contributed by atoms with E-state index in [1.807, 2.05) is 6.08 Å². The van der Waals surface area contributed by atoms with Crippen molar-refractivity contribution in [1.82, 2.24) is 23.5 Å². The molecule has 0 saturated heterocycles. The number of hydrogen-bond acceptors (Lipinski definition) is 9. The van der Waals surface area contributed by atoms with Crippen LogP contribution in [0.3, 0.4) is 0 Å². The number of methoxy groups -OCH3 is 2. The molecule has 1 aliphatic heterocycles. The minimum Gasteiger partial charge on any atom is -0.507 e. The normalized spacial score (nSPS) is 18.6. The molecule has 49 heavy (non-hydrogen) atoms. The number of Topliss-reactive ketones (excluding diaryl/α,β-unsaturated/α-hetero) is 1. The average molecular weight is 666 g/mol. The van der Waals surface area contributed by atoms with Crippen molar-refractivity contribution in [2.24, 2.45) is 7.05 Å². The standard InChI is InChI=1S/C36H35N5O8/c1-17-11-20(12-18(2)32(17)43)30-21-7-10-40-35(46)39(36(47)41(40)25(21)14-22-27(42)13-19(3)33(44)31(22)30)9-8-23-34(45)38(4)26-16-29(49-6)28(48-5)15-24(26)37-23/h7,11-13,15-16,25,30,43H,8-10,14H2,1-6H3/t25-,30+/m1/s1. The lowest BCUT2D eigenvalue weighted by Crippen LogP contribution is -2.41. The molecule has 7 rings (SSSR count). The molecule has 13 nitrogen and oxygen atoms in total. The van der Waals surface area contributed by atoms with Crippen molar-refractivity contribution < 1.29 is 24.2 Å². The van der Waals surface area contributed by atoms with Crippen molar-refractivity contribution in [3.8, 4) is 17.2 Å². The van der Waals surface area contributed by atoms with Crippen LogP contribution in [0.1, 0.15) is 47.7 Å². The van der Waals surface area contributed by atoms with Crippen LogP contribution in [0, 0.1) is 13.8 Å². The molecular formula is C36H35N5O8. The number of benzene rings is 2. The Balaban J connectivity index is 1.30. The smallest absolute Gasteiger partial charge is 0.347 e. The molecule has 0 unspecified atom stereocenters. The highest BCUT2D eigenvalue weighted by Crippen LogP contribution is 2.50. The van der Waals surface area contributed by atoms with E-state index >= 15 is 0 Å². The third-order valence-corrected chi connectivity index (χ3v) is 9.98. The Bertz CT molecular complexity index is 2410. The molecule has 1 N–H and O–H groups in total. The first kappa shape index (κ1) is 31.9. The Kier molecular flexibility index (Phi) is 7.45. The fourth-order valence-corrected chi connectivity index (χ4v) is 7.50. The van der Waals surface area contributed by atoms with Crippen LogP contribution in [0.25, 0.3) is 11.0 Å². The summed E-state index contributed by atoms with van der Waals surface area (Å²) in [5.74, 6) is -0.178. The van der Waals surface area contributed by atoms with Gasteiger partial charge in [-0.2, -0.15) is 0 Å². The number of allylic oxidation sites excluding steroid dienone is 6. The zero-order valence-electron chi connectivity index (χ0n) is 28.0. The maximum absolute atomic E-state index is 14.1. The second-order valence-electron chi connectivity index (χ2n) is 12.8. The van der Waals surface area contributed by atoms with Crippen LogP contribution in [0.4, 0.5) is 0 Å². The van der Waals surface area contributed by atoms with Crippen LogP contribution >= 0.6 is 0 Å². The van der Waals surface area contributed by atoms with Crippen molar-refractivity contribution in [3.63, 3.8) is 0 Å². The van der Waals surface area contributed by atoms with Crippen molar-refractivity contribution >= 4 is 22.6 Å². The van der Waals surface area contributed by atoms with E-state index in [-0.39, 0.29) is 54.5 Å². The van der Waals surface area contributed by atoms with Gasteiger partial charge in [-0.25, -0.2) is 28.5 Å². The number of hydrogen-bond donors (Lipinski definition) is 1. The number of aromatic hydroxyl groups is 1. The Morgan fingerprint density at radius 1 is 0.939 bits per heavy atom. The van der Waals surface area contributed by atoms with Gasteiger partial charge in [0.1, 0.15) is 11.4 Å². The third-order valence-electron chi connectivity index (χ3n) is 9.98. The van der Waals surface area contributed by atoms with Gasteiger partial charge in [0.2, 0.25) is 0 Å². The van der Waals surface area contributed by atoms with Gasteiger partial charge in [-0.15, -0.1) is 0 Å². The highest BCUT2D eigenvalue weighted by molar-refractivity contribution is 6.23. The van der Waals surface area contributed by atoms with Crippen LogP contribution in [-0.4, -0.2) is 54.4 Å². The number of phenolic OH excluding ortho intramolecular Hbond substituents is 1. The number of aromatic nitrogens is 5. The van der Waals surface area contributed by atoms with Gasteiger partial charge in [-0.1, -0.05) is 18.2 Å². The summed E-state index contributed by atoms with van der Waals surface area (Å²) in [4.78, 5) is 72.8. The molecule has 2 aromatic carbocycles. The molecule has 4 aromatic rings. The number of carbonyl (C=O) groups excluding carboxylic acids is 2. The first-order valence-corrected chi connectivity index (χ1v) is 15.9. The zero-order valence-corrected chi connectivity index (χ0v) is 28.0. The van der Waals surface area contributed by atoms with E-state index in [4.69, 9.17) is 9.47 Å². The highest BCUT2D eigenvalue weighted by Gasteiger charge is 2.45. The number of carbonyl (C=O) groups is 2. The average Bonchev–Trinajstić information content (AvgIpc) is 3.33. The molecule has 0 amide bonds. The summed E-state index contributed by atoms with van der Waals surface area (Å²) in [7, 11) is 4.61. The van der Waals surface area contributed by atoms with E-state index in [0.717, 1.165) is 10.1 Å². The highest BCUT2D eigenvalue weighted by atomic mass is 16.5. The quantitative estimate of drug-likeness (QED) is 0.242. The van der Waals surface area contributed by atoms with Crippen molar-refractivity contribution in [2.45, 2.75) is 58.7 Å². The van der Waals surface area contributed by atoms with Gasteiger partial charge in [-0.05, 0) is 49.1 Å². The summed E-state index contributed by atoms with van der Waals surface area (Å²) >= 11 is 0. The van der Waals surface area contributed by atoms with Gasteiger partial charge < -0.3 is 19.1 Å². The maximum Gasteiger partial charge on any atom is 0.347 e. The SMILES string of the molecule is COc1cc2nc(CCn3c(=O)n4n(c3=O)[C@@H]3CC5=C(C(=O)C(C)=CC5=O)[C@@H](c5cc(C)c(O)c(C)c5)C3=CC4)c(=O)n(C)c2cc1OC. The molecule has 2 aliphatic carbocycles. The number of rotatable bonds is 6. The molecule has 0 saturated carbocycles. The Morgan fingerprint density at radius 2 is 1.61 bits per heavy atom. The van der Waals surface area contributed by atoms with Gasteiger partial charge in [0.15, 0.2) is 23.1 Å². The molecule has 252 valence electrons. The number of nitrogens with zero attached hydrogens (tertiary/aromatic N) is 5. The van der Waals surface area contributed by atoms with E-state index in [0.29, 0.717) is 55.9 Å². The summed E-state index contributed by atoms with van der Waals surface area (Å²) in [6.07, 6.45) is 3.24. The third kappa shape index (κ3) is 4.74. The van der Waals surface area contributed by atoms with Crippen molar-refractivity contribution in [1.29, 1.82) is 0 Å². The Labute approximate surface area is 279 Å². The summed E-state index contributed by atoms with van der Waals surface area (Å²) in [6, 6.07) is 6.20. The van der Waals surface area contributed by atoms with Gasteiger partial charge >= 0.3 is 11.4 Å². The minimum atomic E-state index is -0.717. The second-order valence-corrected chi connectivity index (χ2v) is 12.8. The van der Waals surface area contributed by atoms with Crippen LogP contribution in [0.2, 0.25) is 0 Å². The van der Waals surface area contributed by atoms with E-state index in [2.05, 4.69) is 4.98 Å². The molecular weight excluding hydrogens is 630 g/mol. The molecule has 2 aromatic heterocycles. The number of fused-ring (bicyclic) bond motifs is 4. The van der Waals surface area contributed by atoms with E-state index in [1.54, 1.807) is 52.1 Å². The van der Waals surface area contributed by atoms with Gasteiger partial charge in [0.25, 0.3) is 5.56 Å². The Morgan fingerprint density at radius 3 is 2.29 bits per heavy atom. The second kappa shape index (κ2) is 11.5. The van der Waals surface area contributed by atoms with Crippen LogP contribution in [0.5, 0.6) is 17.2 Å². The molecule has 3 aliphatic rings. The van der Waals surface area contributed by atoms with Gasteiger partial charge in [0.05, 0.1) is 37.8 Å². The topological polar surface area (TPSA) is 157 Å². The zero-order chi connectivity index (χ0) is 35.0. The number of ketones is 2. The minimum absolute atomic E-state index is 0.00210. The van der Waals surface area contributed by atoms with Crippen LogP contribution < -0.4 is 26.4 Å². The summed E-state index contributed by atoms with van der Waals surface area (Å²) < 4.78 is 16.0. The predicted molar refractivity (Wildman–Crippen MR) is 180 cm³/mol. The lowest BCUT2D eigenvalue weighted by Gasteiger charge is -2.39. The summed E-state index contributed by atoms with van der Waals surface area (Å²) in [6.45, 7) is 5.10. The first-order chi connectivity index (χ1) is 23.4. The van der Waals surface area contributed by atoms with Gasteiger partial charge in [0, 0.05) is 61.2 Å². The largest absolute Gasteiger partial charge is 0.507 e. The summed E-state index contributed by atoms with van der Waals surface area (Å²) in [5.41, 5.74) is 3.34. The molecule has 13 heteroatoms.